The highest BCUT2D eigenvalue weighted by molar-refractivity contribution is 7.99. The van der Waals surface area contributed by atoms with E-state index in [-0.39, 0.29) is 5.91 Å². The lowest BCUT2D eigenvalue weighted by Gasteiger charge is -2.21. The van der Waals surface area contributed by atoms with Crippen LogP contribution in [0.3, 0.4) is 0 Å². The van der Waals surface area contributed by atoms with Gasteiger partial charge in [-0.2, -0.15) is 11.8 Å². The Morgan fingerprint density at radius 1 is 1.50 bits per heavy atom. The van der Waals surface area contributed by atoms with Crippen molar-refractivity contribution in [1.82, 2.24) is 10.5 Å². The maximum atomic E-state index is 12.5. The summed E-state index contributed by atoms with van der Waals surface area (Å²) in [5.74, 6) is 2.86. The molecular weight excluding hydrogens is 344 g/mol. The fourth-order valence-corrected chi connectivity index (χ4v) is 4.71. The second-order valence-corrected chi connectivity index (χ2v) is 8.05. The second-order valence-electron chi connectivity index (χ2n) is 5.93. The van der Waals surface area contributed by atoms with E-state index in [2.05, 4.69) is 10.5 Å². The summed E-state index contributed by atoms with van der Waals surface area (Å²) in [4.78, 5) is 13.4. The van der Waals surface area contributed by atoms with Crippen LogP contribution in [0.15, 0.2) is 39.8 Å². The number of aromatic nitrogens is 1. The summed E-state index contributed by atoms with van der Waals surface area (Å²) in [5.41, 5.74) is 0.687. The minimum atomic E-state index is -0.778. The average Bonchev–Trinajstić information content (AvgIpc) is 3.20. The Labute approximate surface area is 149 Å². The van der Waals surface area contributed by atoms with Crippen molar-refractivity contribution in [2.45, 2.75) is 29.6 Å². The van der Waals surface area contributed by atoms with Crippen molar-refractivity contribution in [2.75, 3.05) is 18.1 Å². The van der Waals surface area contributed by atoms with E-state index in [1.165, 1.54) is 11.8 Å². The Morgan fingerprint density at radius 2 is 2.33 bits per heavy atom. The first-order chi connectivity index (χ1) is 11.6. The number of carbonyl (C=O) groups excluding carboxylic acids is 1. The van der Waals surface area contributed by atoms with Gasteiger partial charge in [0.05, 0.1) is 22.6 Å². The first kappa shape index (κ1) is 17.4. The maximum Gasteiger partial charge on any atom is 0.252 e. The third kappa shape index (κ3) is 4.34. The zero-order chi connectivity index (χ0) is 17.0. The van der Waals surface area contributed by atoms with Crippen LogP contribution in [0.1, 0.15) is 28.2 Å². The Kier molecular flexibility index (Phi) is 5.53. The van der Waals surface area contributed by atoms with Crippen LogP contribution in [-0.2, 0) is 5.75 Å². The molecule has 1 aliphatic heterocycles. The van der Waals surface area contributed by atoms with Crippen LogP contribution in [-0.4, -0.2) is 39.8 Å². The number of hydrogen-bond donors (Lipinski definition) is 2. The van der Waals surface area contributed by atoms with Crippen LogP contribution in [0.4, 0.5) is 0 Å². The highest BCUT2D eigenvalue weighted by Gasteiger charge is 2.32. The van der Waals surface area contributed by atoms with Crippen molar-refractivity contribution in [2.24, 2.45) is 0 Å². The van der Waals surface area contributed by atoms with Crippen molar-refractivity contribution in [3.05, 3.63) is 47.3 Å². The molecule has 0 spiro atoms. The predicted octanol–water partition coefficient (Wildman–Crippen LogP) is 2.87. The molecule has 0 bridgehead atoms. The molecule has 0 unspecified atom stereocenters. The molecule has 1 aromatic heterocycles. The molecular formula is C17H20N2O3S2. The lowest BCUT2D eigenvalue weighted by Crippen LogP contribution is -2.43. The van der Waals surface area contributed by atoms with Crippen LogP contribution >= 0.6 is 23.5 Å². The van der Waals surface area contributed by atoms with Crippen molar-refractivity contribution in [1.29, 1.82) is 0 Å². The topological polar surface area (TPSA) is 75.4 Å². The Bertz CT molecular complexity index is 711. The number of amides is 1. The quantitative estimate of drug-likeness (QED) is 0.768. The molecule has 2 aromatic rings. The molecule has 1 aromatic carbocycles. The number of aliphatic hydroxyl groups is 1. The molecule has 5 nitrogen and oxygen atoms in total. The molecule has 3 rings (SSSR count). The molecule has 1 fully saturated rings. The van der Waals surface area contributed by atoms with Crippen molar-refractivity contribution >= 4 is 29.4 Å². The van der Waals surface area contributed by atoms with Gasteiger partial charge in [0, 0.05) is 23.3 Å². The Balaban J connectivity index is 1.63. The minimum absolute atomic E-state index is 0.155. The van der Waals surface area contributed by atoms with Crippen molar-refractivity contribution < 1.29 is 14.4 Å². The van der Waals surface area contributed by atoms with E-state index < -0.39 is 5.60 Å². The fourth-order valence-electron chi connectivity index (χ4n) is 2.49. The van der Waals surface area contributed by atoms with Gasteiger partial charge in [-0.15, -0.1) is 11.8 Å². The molecule has 24 heavy (non-hydrogen) atoms. The second kappa shape index (κ2) is 7.63. The zero-order valence-corrected chi connectivity index (χ0v) is 15.1. The van der Waals surface area contributed by atoms with Gasteiger partial charge in [0.1, 0.15) is 5.76 Å². The molecule has 0 aliphatic carbocycles. The molecule has 1 saturated heterocycles. The average molecular weight is 364 g/mol. The highest BCUT2D eigenvalue weighted by atomic mass is 32.2. The molecule has 7 heteroatoms. The summed E-state index contributed by atoms with van der Waals surface area (Å²) in [5, 5.41) is 17.1. The van der Waals surface area contributed by atoms with Gasteiger partial charge in [0.15, 0.2) is 0 Å². The molecule has 1 amide bonds. The number of nitrogens with one attached hydrogen (secondary N) is 1. The lowest BCUT2D eigenvalue weighted by atomic mass is 10.0. The lowest BCUT2D eigenvalue weighted by molar-refractivity contribution is 0.0611. The van der Waals surface area contributed by atoms with Gasteiger partial charge in [0.25, 0.3) is 5.91 Å². The largest absolute Gasteiger partial charge is 0.387 e. The summed E-state index contributed by atoms with van der Waals surface area (Å²) in [7, 11) is 0. The third-order valence-corrected chi connectivity index (χ3v) is 6.17. The van der Waals surface area contributed by atoms with Crippen LogP contribution in [0, 0.1) is 6.92 Å². The number of rotatable bonds is 6. The molecule has 2 N–H and O–H groups in total. The van der Waals surface area contributed by atoms with Crippen LogP contribution in [0.5, 0.6) is 0 Å². The number of hydrogen-bond acceptors (Lipinski definition) is 6. The monoisotopic (exact) mass is 364 g/mol. The smallest absolute Gasteiger partial charge is 0.252 e. The Hall–Kier alpha value is -1.44. The first-order valence-electron chi connectivity index (χ1n) is 7.78. The fraction of sp³-hybridized carbons (Fsp3) is 0.412. The van der Waals surface area contributed by atoms with E-state index in [0.29, 0.717) is 23.6 Å². The van der Waals surface area contributed by atoms with Crippen LogP contribution < -0.4 is 5.32 Å². The molecule has 2 heterocycles. The van der Waals surface area contributed by atoms with Gasteiger partial charge in [-0.3, -0.25) is 4.79 Å². The first-order valence-corrected chi connectivity index (χ1v) is 9.92. The molecule has 128 valence electrons. The normalized spacial score (nSPS) is 20.2. The van der Waals surface area contributed by atoms with Gasteiger partial charge in [-0.25, -0.2) is 0 Å². The number of nitrogens with zero attached hydrogens (tertiary/aromatic N) is 1. The summed E-state index contributed by atoms with van der Waals surface area (Å²) in [6.45, 7) is 2.17. The van der Waals surface area contributed by atoms with Gasteiger partial charge in [-0.1, -0.05) is 17.3 Å². The van der Waals surface area contributed by atoms with E-state index in [1.54, 1.807) is 17.8 Å². The summed E-state index contributed by atoms with van der Waals surface area (Å²) in [6, 6.07) is 9.37. The number of aryl methyl sites for hydroxylation is 1. The van der Waals surface area contributed by atoms with Crippen molar-refractivity contribution in [3.8, 4) is 0 Å². The number of thioether (sulfide) groups is 2. The predicted molar refractivity (Wildman–Crippen MR) is 96.5 cm³/mol. The van der Waals surface area contributed by atoms with Crippen molar-refractivity contribution in [3.63, 3.8) is 0 Å². The standard InChI is InChI=1S/C17H20N2O3S2/c1-12-8-13(22-19-12)9-24-15-5-3-2-4-14(15)16(20)18-10-17(21)6-7-23-11-17/h2-5,8,21H,6-7,9-11H2,1H3,(H,18,20)/t17-/m1/s1. The zero-order valence-electron chi connectivity index (χ0n) is 13.4. The summed E-state index contributed by atoms with van der Waals surface area (Å²) < 4.78 is 5.21. The van der Waals surface area contributed by atoms with E-state index in [4.69, 9.17) is 4.52 Å². The maximum absolute atomic E-state index is 12.5. The number of benzene rings is 1. The molecule has 0 saturated carbocycles. The SMILES string of the molecule is Cc1cc(CSc2ccccc2C(=O)NC[C@]2(O)CCSC2)on1. The van der Waals surface area contributed by atoms with Gasteiger partial charge >= 0.3 is 0 Å². The van der Waals surface area contributed by atoms with Gasteiger partial charge in [0.2, 0.25) is 0 Å². The van der Waals surface area contributed by atoms with E-state index in [0.717, 1.165) is 28.5 Å². The summed E-state index contributed by atoms with van der Waals surface area (Å²) in [6.07, 6.45) is 0.721. The van der Waals surface area contributed by atoms with Gasteiger partial charge in [-0.05, 0) is 31.2 Å². The van der Waals surface area contributed by atoms with E-state index in [1.807, 2.05) is 31.2 Å². The molecule has 1 aliphatic rings. The minimum Gasteiger partial charge on any atom is -0.387 e. The van der Waals surface area contributed by atoms with E-state index in [9.17, 15) is 9.90 Å². The van der Waals surface area contributed by atoms with Crippen LogP contribution in [0.25, 0.3) is 0 Å². The highest BCUT2D eigenvalue weighted by Crippen LogP contribution is 2.28. The Morgan fingerprint density at radius 3 is 3.04 bits per heavy atom. The summed E-state index contributed by atoms with van der Waals surface area (Å²) >= 11 is 3.26. The molecule has 1 atom stereocenters. The van der Waals surface area contributed by atoms with Crippen LogP contribution in [0.2, 0.25) is 0 Å². The van der Waals surface area contributed by atoms with Gasteiger partial charge < -0.3 is 14.9 Å². The number of carbonyl (C=O) groups is 1. The molecule has 0 radical (unpaired) electrons. The third-order valence-electron chi connectivity index (χ3n) is 3.84. The van der Waals surface area contributed by atoms with E-state index >= 15 is 0 Å².